The SMILES string of the molecule is C[C@H](OC(=O)c1ccc(S(=O)(=O)N(C)c2ccccc2)cc1)C(=O)NC(=O)NC1CCCCC1. The van der Waals surface area contributed by atoms with Gasteiger partial charge in [0.2, 0.25) is 0 Å². The standard InChI is InChI=1S/C24H29N3O6S/c1-17(22(28)26-24(30)25-19-9-5-3-6-10-19)33-23(29)18-13-15-21(16-14-18)34(31,32)27(2)20-11-7-4-8-12-20/h4,7-8,11-17,19H,3,5-6,9-10H2,1-2H3,(H2,25,26,28,30)/t17-/m0/s1. The lowest BCUT2D eigenvalue weighted by atomic mass is 9.96. The average Bonchev–Trinajstić information content (AvgIpc) is 2.84. The van der Waals surface area contributed by atoms with E-state index in [0.29, 0.717) is 5.69 Å². The first kappa shape index (κ1) is 25.2. The molecule has 1 aliphatic carbocycles. The van der Waals surface area contributed by atoms with Gasteiger partial charge >= 0.3 is 12.0 Å². The number of esters is 1. The number of anilines is 1. The van der Waals surface area contributed by atoms with Crippen molar-refractivity contribution in [1.29, 1.82) is 0 Å². The largest absolute Gasteiger partial charge is 0.449 e. The minimum atomic E-state index is -3.82. The number of carbonyl (C=O) groups excluding carboxylic acids is 3. The number of benzene rings is 2. The molecule has 0 heterocycles. The van der Waals surface area contributed by atoms with E-state index >= 15 is 0 Å². The van der Waals surface area contributed by atoms with Crippen molar-refractivity contribution in [2.45, 2.75) is 56.1 Å². The summed E-state index contributed by atoms with van der Waals surface area (Å²) in [5.74, 6) is -1.55. The second-order valence-corrected chi connectivity index (χ2v) is 10.1. The number of imide groups is 1. The molecule has 1 fully saturated rings. The molecule has 2 aromatic rings. The van der Waals surface area contributed by atoms with Gasteiger partial charge in [0.1, 0.15) is 0 Å². The molecule has 34 heavy (non-hydrogen) atoms. The fourth-order valence-electron chi connectivity index (χ4n) is 3.66. The number of ether oxygens (including phenoxy) is 1. The number of amides is 3. The first-order chi connectivity index (χ1) is 16.2. The molecule has 0 radical (unpaired) electrons. The van der Waals surface area contributed by atoms with E-state index in [0.717, 1.165) is 36.4 Å². The second kappa shape index (κ2) is 11.1. The molecule has 1 aliphatic rings. The Labute approximate surface area is 199 Å². The Bertz CT molecular complexity index is 1110. The van der Waals surface area contributed by atoms with Gasteiger partial charge in [-0.1, -0.05) is 37.5 Å². The van der Waals surface area contributed by atoms with Crippen LogP contribution in [-0.4, -0.2) is 45.5 Å². The maximum Gasteiger partial charge on any atom is 0.338 e. The van der Waals surface area contributed by atoms with Crippen LogP contribution in [0.5, 0.6) is 0 Å². The molecule has 0 saturated heterocycles. The minimum Gasteiger partial charge on any atom is -0.449 e. The van der Waals surface area contributed by atoms with Gasteiger partial charge in [0, 0.05) is 13.1 Å². The van der Waals surface area contributed by atoms with Crippen LogP contribution < -0.4 is 14.9 Å². The van der Waals surface area contributed by atoms with E-state index in [1.807, 2.05) is 0 Å². The van der Waals surface area contributed by atoms with E-state index in [-0.39, 0.29) is 16.5 Å². The van der Waals surface area contributed by atoms with Crippen LogP contribution in [-0.2, 0) is 19.6 Å². The van der Waals surface area contributed by atoms with E-state index in [9.17, 15) is 22.8 Å². The number of rotatable bonds is 7. The zero-order valence-corrected chi connectivity index (χ0v) is 20.0. The lowest BCUT2D eigenvalue weighted by Gasteiger charge is -2.23. The number of nitrogens with zero attached hydrogens (tertiary/aromatic N) is 1. The lowest BCUT2D eigenvalue weighted by Crippen LogP contribution is -2.48. The number of sulfonamides is 1. The molecular formula is C24H29N3O6S. The Morgan fingerprint density at radius 2 is 1.59 bits per heavy atom. The molecule has 10 heteroatoms. The van der Waals surface area contributed by atoms with Crippen molar-refractivity contribution in [2.24, 2.45) is 0 Å². The quantitative estimate of drug-likeness (QED) is 0.579. The predicted molar refractivity (Wildman–Crippen MR) is 127 cm³/mol. The molecule has 0 unspecified atom stereocenters. The van der Waals surface area contributed by atoms with Crippen molar-refractivity contribution >= 4 is 33.6 Å². The van der Waals surface area contributed by atoms with Gasteiger partial charge in [0.05, 0.1) is 16.1 Å². The van der Waals surface area contributed by atoms with Crippen LogP contribution in [0.1, 0.15) is 49.4 Å². The Morgan fingerprint density at radius 1 is 0.971 bits per heavy atom. The molecule has 0 bridgehead atoms. The van der Waals surface area contributed by atoms with Crippen LogP contribution in [0.2, 0.25) is 0 Å². The molecule has 9 nitrogen and oxygen atoms in total. The molecule has 0 aromatic heterocycles. The van der Waals surface area contributed by atoms with E-state index < -0.39 is 34.0 Å². The van der Waals surface area contributed by atoms with E-state index in [1.165, 1.54) is 38.2 Å². The Kier molecular flexibility index (Phi) is 8.27. The highest BCUT2D eigenvalue weighted by Gasteiger charge is 2.24. The topological polar surface area (TPSA) is 122 Å². The summed E-state index contributed by atoms with van der Waals surface area (Å²) in [7, 11) is -2.38. The molecule has 3 amide bonds. The smallest absolute Gasteiger partial charge is 0.338 e. The Hall–Kier alpha value is -3.40. The summed E-state index contributed by atoms with van der Waals surface area (Å²) in [6.45, 7) is 1.36. The summed E-state index contributed by atoms with van der Waals surface area (Å²) in [4.78, 5) is 36.7. The fourth-order valence-corrected chi connectivity index (χ4v) is 4.86. The summed E-state index contributed by atoms with van der Waals surface area (Å²) in [6, 6.07) is 13.2. The third-order valence-corrected chi connectivity index (χ3v) is 7.50. The summed E-state index contributed by atoms with van der Waals surface area (Å²) in [5.41, 5.74) is 0.575. The number of carbonyl (C=O) groups is 3. The van der Waals surface area contributed by atoms with Gasteiger partial charge in [0.15, 0.2) is 6.10 Å². The summed E-state index contributed by atoms with van der Waals surface area (Å²) < 4.78 is 32.0. The van der Waals surface area contributed by atoms with Crippen LogP contribution in [0.15, 0.2) is 59.5 Å². The molecule has 1 atom stereocenters. The van der Waals surface area contributed by atoms with E-state index in [2.05, 4.69) is 10.6 Å². The normalized spacial score (nSPS) is 15.1. The van der Waals surface area contributed by atoms with E-state index in [1.54, 1.807) is 30.3 Å². The molecule has 0 spiro atoms. The molecule has 3 rings (SSSR count). The summed E-state index contributed by atoms with van der Waals surface area (Å²) >= 11 is 0. The van der Waals surface area contributed by atoms with Gasteiger partial charge in [-0.2, -0.15) is 0 Å². The van der Waals surface area contributed by atoms with Crippen LogP contribution in [0.25, 0.3) is 0 Å². The number of hydrogen-bond acceptors (Lipinski definition) is 6. The molecule has 2 aromatic carbocycles. The number of urea groups is 1. The lowest BCUT2D eigenvalue weighted by molar-refractivity contribution is -0.127. The van der Waals surface area contributed by atoms with Gasteiger partial charge in [-0.25, -0.2) is 18.0 Å². The van der Waals surface area contributed by atoms with Gasteiger partial charge < -0.3 is 10.1 Å². The van der Waals surface area contributed by atoms with Crippen LogP contribution in [0.4, 0.5) is 10.5 Å². The van der Waals surface area contributed by atoms with Crippen molar-refractivity contribution in [3.8, 4) is 0 Å². The highest BCUT2D eigenvalue weighted by atomic mass is 32.2. The highest BCUT2D eigenvalue weighted by molar-refractivity contribution is 7.92. The van der Waals surface area contributed by atoms with E-state index in [4.69, 9.17) is 4.74 Å². The molecule has 182 valence electrons. The van der Waals surface area contributed by atoms with Gasteiger partial charge in [-0.15, -0.1) is 0 Å². The van der Waals surface area contributed by atoms with Crippen molar-refractivity contribution < 1.29 is 27.5 Å². The Balaban J connectivity index is 1.56. The van der Waals surface area contributed by atoms with Gasteiger partial charge in [-0.05, 0) is 56.2 Å². The van der Waals surface area contributed by atoms with Crippen LogP contribution >= 0.6 is 0 Å². The molecule has 1 saturated carbocycles. The predicted octanol–water partition coefficient (Wildman–Crippen LogP) is 3.22. The number of hydrogen-bond donors (Lipinski definition) is 2. The van der Waals surface area contributed by atoms with Crippen molar-refractivity contribution in [3.63, 3.8) is 0 Å². The van der Waals surface area contributed by atoms with Crippen LogP contribution in [0, 0.1) is 0 Å². The molecule has 2 N–H and O–H groups in total. The number of para-hydroxylation sites is 1. The molecular weight excluding hydrogens is 458 g/mol. The molecule has 0 aliphatic heterocycles. The maximum absolute atomic E-state index is 12.8. The van der Waals surface area contributed by atoms with Crippen LogP contribution in [0.3, 0.4) is 0 Å². The zero-order chi connectivity index (χ0) is 24.7. The average molecular weight is 488 g/mol. The highest BCUT2D eigenvalue weighted by Crippen LogP contribution is 2.22. The monoisotopic (exact) mass is 487 g/mol. The maximum atomic E-state index is 12.8. The first-order valence-corrected chi connectivity index (χ1v) is 12.6. The number of nitrogens with one attached hydrogen (secondary N) is 2. The first-order valence-electron chi connectivity index (χ1n) is 11.1. The minimum absolute atomic E-state index is 0.000536. The Morgan fingerprint density at radius 3 is 2.21 bits per heavy atom. The van der Waals surface area contributed by atoms with Gasteiger partial charge in [-0.3, -0.25) is 14.4 Å². The van der Waals surface area contributed by atoms with Crippen molar-refractivity contribution in [2.75, 3.05) is 11.4 Å². The third kappa shape index (κ3) is 6.34. The summed E-state index contributed by atoms with van der Waals surface area (Å²) in [6.07, 6.45) is 3.75. The second-order valence-electron chi connectivity index (χ2n) is 8.18. The van der Waals surface area contributed by atoms with Crippen molar-refractivity contribution in [1.82, 2.24) is 10.6 Å². The van der Waals surface area contributed by atoms with Crippen molar-refractivity contribution in [3.05, 3.63) is 60.2 Å². The fraction of sp³-hybridized carbons (Fsp3) is 0.375. The van der Waals surface area contributed by atoms with Gasteiger partial charge in [0.25, 0.3) is 15.9 Å². The third-order valence-electron chi connectivity index (χ3n) is 5.70. The zero-order valence-electron chi connectivity index (χ0n) is 19.2. The summed E-state index contributed by atoms with van der Waals surface area (Å²) in [5, 5.41) is 4.95.